The van der Waals surface area contributed by atoms with E-state index in [4.69, 9.17) is 25.8 Å². The van der Waals surface area contributed by atoms with Crippen molar-refractivity contribution < 1.29 is 28.2 Å². The molecule has 0 aliphatic rings. The maximum atomic E-state index is 15.5. The van der Waals surface area contributed by atoms with E-state index in [9.17, 15) is 9.59 Å². The largest absolute Gasteiger partial charge is 0.490 e. The third-order valence-electron chi connectivity index (χ3n) is 4.70. The van der Waals surface area contributed by atoms with Crippen molar-refractivity contribution in [3.05, 3.63) is 64.6 Å². The lowest BCUT2D eigenvalue weighted by Gasteiger charge is -2.11. The minimum Gasteiger partial charge on any atom is -0.490 e. The van der Waals surface area contributed by atoms with Crippen molar-refractivity contribution >= 4 is 23.5 Å². The van der Waals surface area contributed by atoms with Gasteiger partial charge in [-0.1, -0.05) is 43.1 Å². The molecule has 0 N–H and O–H groups in total. The molecular weight excluding hydrogens is 439 g/mol. The zero-order valence-corrected chi connectivity index (χ0v) is 18.6. The summed E-state index contributed by atoms with van der Waals surface area (Å²) in [6.07, 6.45) is 1.61. The van der Waals surface area contributed by atoms with Crippen molar-refractivity contribution in [3.8, 4) is 22.7 Å². The molecule has 0 saturated carbocycles. The minimum absolute atomic E-state index is 0.00961. The molecule has 0 aliphatic heterocycles. The second-order valence-electron chi connectivity index (χ2n) is 6.74. The van der Waals surface area contributed by atoms with Crippen LogP contribution in [0.4, 0.5) is 4.39 Å². The van der Waals surface area contributed by atoms with E-state index in [2.05, 4.69) is 5.10 Å². The molecule has 0 unspecified atom stereocenters. The Morgan fingerprint density at radius 3 is 2.38 bits per heavy atom. The zero-order valence-electron chi connectivity index (χ0n) is 17.9. The Bertz CT molecular complexity index is 1130. The summed E-state index contributed by atoms with van der Waals surface area (Å²) in [6.45, 7) is 2.30. The monoisotopic (exact) mass is 460 g/mol. The minimum atomic E-state index is -0.893. The summed E-state index contributed by atoms with van der Waals surface area (Å²) in [5.74, 6) is -2.58. The lowest BCUT2D eigenvalue weighted by Crippen LogP contribution is -2.15. The van der Waals surface area contributed by atoms with E-state index in [0.717, 1.165) is 20.0 Å². The fraction of sp³-hybridized carbons (Fsp3) is 0.261. The Morgan fingerprint density at radius 2 is 1.75 bits per heavy atom. The molecule has 0 fully saturated rings. The molecule has 3 rings (SSSR count). The summed E-state index contributed by atoms with van der Waals surface area (Å²) in [7, 11) is 2.32. The Balaban J connectivity index is 2.32. The first-order chi connectivity index (χ1) is 15.4. The number of esters is 2. The molecule has 0 amide bonds. The Labute approximate surface area is 189 Å². The molecule has 0 aliphatic carbocycles. The highest BCUT2D eigenvalue weighted by atomic mass is 35.5. The van der Waals surface area contributed by atoms with Gasteiger partial charge in [0.15, 0.2) is 17.3 Å². The molecule has 9 heteroatoms. The molecular formula is C23H22ClFN2O5. The first kappa shape index (κ1) is 23.3. The summed E-state index contributed by atoms with van der Waals surface area (Å²) < 4.78 is 32.0. The van der Waals surface area contributed by atoms with Crippen molar-refractivity contribution in [2.75, 3.05) is 20.8 Å². The Kier molecular flexibility index (Phi) is 7.48. The highest BCUT2D eigenvalue weighted by Crippen LogP contribution is 2.38. The number of methoxy groups -OCH3 is 2. The van der Waals surface area contributed by atoms with Crippen LogP contribution in [0, 0.1) is 5.82 Å². The molecule has 168 valence electrons. The van der Waals surface area contributed by atoms with Crippen molar-refractivity contribution in [3.63, 3.8) is 0 Å². The van der Waals surface area contributed by atoms with Gasteiger partial charge >= 0.3 is 11.9 Å². The molecule has 0 bridgehead atoms. The van der Waals surface area contributed by atoms with Gasteiger partial charge in [0.05, 0.1) is 37.1 Å². The fourth-order valence-electron chi connectivity index (χ4n) is 3.12. The first-order valence-electron chi connectivity index (χ1n) is 9.90. The summed E-state index contributed by atoms with van der Waals surface area (Å²) in [6, 6.07) is 11.4. The van der Waals surface area contributed by atoms with Gasteiger partial charge in [0.25, 0.3) is 0 Å². The number of nitrogens with zero attached hydrogens (tertiary/aromatic N) is 2. The van der Waals surface area contributed by atoms with Crippen LogP contribution in [-0.4, -0.2) is 42.5 Å². The van der Waals surface area contributed by atoms with Crippen LogP contribution in [0.2, 0.25) is 5.02 Å². The molecule has 2 aromatic carbocycles. The molecule has 0 radical (unpaired) electrons. The van der Waals surface area contributed by atoms with Gasteiger partial charge in [-0.2, -0.15) is 5.10 Å². The van der Waals surface area contributed by atoms with E-state index in [1.807, 2.05) is 6.92 Å². The standard InChI is InChI=1S/C23H22ClFN2O5/c1-4-5-13-32-16-12-11-15(24)17(19(16)25)20-18(22(28)30-2)21(23(29)31-3)27(26-20)14-9-7-6-8-10-14/h6-12H,4-5,13H2,1-3H3. The van der Waals surface area contributed by atoms with Crippen molar-refractivity contribution in [2.45, 2.75) is 19.8 Å². The quantitative estimate of drug-likeness (QED) is 0.344. The van der Waals surface area contributed by atoms with Crippen molar-refractivity contribution in [1.82, 2.24) is 9.78 Å². The molecule has 3 aromatic rings. The molecule has 0 saturated heterocycles. The highest BCUT2D eigenvalue weighted by molar-refractivity contribution is 6.33. The van der Waals surface area contributed by atoms with Crippen LogP contribution in [-0.2, 0) is 9.47 Å². The number of rotatable bonds is 8. The van der Waals surface area contributed by atoms with Crippen LogP contribution in [0.1, 0.15) is 40.6 Å². The van der Waals surface area contributed by atoms with Crippen LogP contribution in [0.15, 0.2) is 42.5 Å². The SMILES string of the molecule is CCCCOc1ccc(Cl)c(-c2nn(-c3ccccc3)c(C(=O)OC)c2C(=O)OC)c1F. The molecule has 7 nitrogen and oxygen atoms in total. The molecule has 0 spiro atoms. The van der Waals surface area contributed by atoms with E-state index in [1.165, 1.54) is 23.9 Å². The van der Waals surface area contributed by atoms with Gasteiger partial charge in [-0.3, -0.25) is 0 Å². The van der Waals surface area contributed by atoms with Crippen LogP contribution in [0.25, 0.3) is 16.9 Å². The number of hydrogen-bond donors (Lipinski definition) is 0. The Morgan fingerprint density at radius 1 is 1.06 bits per heavy atom. The highest BCUT2D eigenvalue weighted by Gasteiger charge is 2.34. The van der Waals surface area contributed by atoms with E-state index in [0.29, 0.717) is 12.3 Å². The fourth-order valence-corrected chi connectivity index (χ4v) is 3.35. The van der Waals surface area contributed by atoms with E-state index in [1.54, 1.807) is 30.3 Å². The lowest BCUT2D eigenvalue weighted by molar-refractivity contribution is 0.0549. The predicted molar refractivity (Wildman–Crippen MR) is 117 cm³/mol. The topological polar surface area (TPSA) is 79.7 Å². The Hall–Kier alpha value is -3.39. The summed E-state index contributed by atoms with van der Waals surface area (Å²) in [5, 5.41) is 4.37. The average molecular weight is 461 g/mol. The van der Waals surface area contributed by atoms with Crippen molar-refractivity contribution in [2.24, 2.45) is 0 Å². The number of ether oxygens (including phenoxy) is 3. The second-order valence-corrected chi connectivity index (χ2v) is 7.15. The number of halogens is 2. The van der Waals surface area contributed by atoms with Gasteiger partial charge in [-0.05, 0) is 30.7 Å². The van der Waals surface area contributed by atoms with Gasteiger partial charge < -0.3 is 14.2 Å². The number of hydrogen-bond acceptors (Lipinski definition) is 6. The van der Waals surface area contributed by atoms with E-state index < -0.39 is 17.8 Å². The normalized spacial score (nSPS) is 10.7. The van der Waals surface area contributed by atoms with Gasteiger partial charge in [0, 0.05) is 0 Å². The van der Waals surface area contributed by atoms with Gasteiger partial charge in [0.1, 0.15) is 11.3 Å². The molecule has 1 heterocycles. The van der Waals surface area contributed by atoms with Gasteiger partial charge in [-0.15, -0.1) is 0 Å². The number of carbonyl (C=O) groups excluding carboxylic acids is 2. The summed E-state index contributed by atoms with van der Waals surface area (Å²) >= 11 is 6.33. The number of aromatic nitrogens is 2. The smallest absolute Gasteiger partial charge is 0.357 e. The molecule has 1 aromatic heterocycles. The van der Waals surface area contributed by atoms with Crippen molar-refractivity contribution in [1.29, 1.82) is 0 Å². The lowest BCUT2D eigenvalue weighted by atomic mass is 10.0. The summed E-state index contributed by atoms with van der Waals surface area (Å²) in [5.41, 5.74) is -0.371. The third kappa shape index (κ3) is 4.45. The van der Waals surface area contributed by atoms with Crippen LogP contribution in [0.3, 0.4) is 0 Å². The van der Waals surface area contributed by atoms with Gasteiger partial charge in [0.2, 0.25) is 0 Å². The average Bonchev–Trinajstić information content (AvgIpc) is 3.20. The van der Waals surface area contributed by atoms with Crippen LogP contribution < -0.4 is 4.74 Å². The number of unbranched alkanes of at least 4 members (excludes halogenated alkanes) is 1. The number of benzene rings is 2. The second kappa shape index (κ2) is 10.3. The van der Waals surface area contributed by atoms with Gasteiger partial charge in [-0.25, -0.2) is 18.7 Å². The summed E-state index contributed by atoms with van der Waals surface area (Å²) in [4.78, 5) is 25.4. The molecule has 0 atom stereocenters. The first-order valence-corrected chi connectivity index (χ1v) is 10.3. The number of carbonyl (C=O) groups is 2. The van der Waals surface area contributed by atoms with E-state index >= 15 is 4.39 Å². The third-order valence-corrected chi connectivity index (χ3v) is 5.02. The maximum Gasteiger partial charge on any atom is 0.357 e. The predicted octanol–water partition coefficient (Wildman–Crippen LogP) is 5.08. The maximum absolute atomic E-state index is 15.5. The van der Waals surface area contributed by atoms with Crippen LogP contribution >= 0.6 is 11.6 Å². The van der Waals surface area contributed by atoms with Crippen LogP contribution in [0.5, 0.6) is 5.75 Å². The number of para-hydroxylation sites is 1. The zero-order chi connectivity index (χ0) is 23.3. The van der Waals surface area contributed by atoms with E-state index in [-0.39, 0.29) is 33.3 Å². The molecule has 32 heavy (non-hydrogen) atoms.